The Morgan fingerprint density at radius 1 is 1.19 bits per heavy atom. The minimum absolute atomic E-state index is 0.146. The van der Waals surface area contributed by atoms with Gasteiger partial charge >= 0.3 is 5.97 Å². The summed E-state index contributed by atoms with van der Waals surface area (Å²) in [7, 11) is -2.23. The number of ether oxygens (including phenoxy) is 2. The monoisotopic (exact) mass is 327 g/mol. The molecule has 112 valence electrons. The van der Waals surface area contributed by atoms with E-state index in [-0.39, 0.29) is 9.96 Å². The number of hydrogen-bond donors (Lipinski definition) is 1. The molecule has 1 aromatic heterocycles. The number of esters is 1. The van der Waals surface area contributed by atoms with Gasteiger partial charge in [-0.25, -0.2) is 8.42 Å². The van der Waals surface area contributed by atoms with Crippen LogP contribution in [0.5, 0.6) is 11.5 Å². The second-order valence-electron chi connectivity index (χ2n) is 3.88. The van der Waals surface area contributed by atoms with Crippen molar-refractivity contribution in [3.8, 4) is 11.5 Å². The fourth-order valence-corrected chi connectivity index (χ4v) is 3.51. The van der Waals surface area contributed by atoms with Crippen molar-refractivity contribution in [2.24, 2.45) is 0 Å². The minimum Gasteiger partial charge on any atom is -0.493 e. The van der Waals surface area contributed by atoms with Crippen molar-refractivity contribution in [2.75, 3.05) is 13.7 Å². The summed E-state index contributed by atoms with van der Waals surface area (Å²) >= 11 is 1.07. The van der Waals surface area contributed by atoms with Crippen molar-refractivity contribution >= 4 is 27.3 Å². The molecule has 0 saturated heterocycles. The third-order valence-corrected chi connectivity index (χ3v) is 5.26. The summed E-state index contributed by atoms with van der Waals surface area (Å²) in [6, 6.07) is 9.69. The van der Waals surface area contributed by atoms with E-state index in [1.807, 2.05) is 0 Å². The van der Waals surface area contributed by atoms with Gasteiger partial charge in [0.1, 0.15) is 10.8 Å². The van der Waals surface area contributed by atoms with Crippen molar-refractivity contribution in [1.82, 2.24) is 4.72 Å². The van der Waals surface area contributed by atoms with Crippen molar-refractivity contribution in [2.45, 2.75) is 4.21 Å². The van der Waals surface area contributed by atoms with Gasteiger partial charge in [-0.3, -0.25) is 4.79 Å². The van der Waals surface area contributed by atoms with Gasteiger partial charge in [-0.15, -0.1) is 11.3 Å². The summed E-state index contributed by atoms with van der Waals surface area (Å²) in [6.45, 7) is -0.460. The van der Waals surface area contributed by atoms with E-state index < -0.39 is 22.5 Å². The molecule has 2 aromatic rings. The van der Waals surface area contributed by atoms with E-state index in [4.69, 9.17) is 9.47 Å². The maximum Gasteiger partial charge on any atom is 0.326 e. The lowest BCUT2D eigenvalue weighted by Crippen LogP contribution is -2.31. The van der Waals surface area contributed by atoms with E-state index in [1.165, 1.54) is 13.2 Å². The van der Waals surface area contributed by atoms with E-state index >= 15 is 0 Å². The van der Waals surface area contributed by atoms with Crippen LogP contribution in [0.4, 0.5) is 0 Å². The van der Waals surface area contributed by atoms with Gasteiger partial charge in [0.25, 0.3) is 10.0 Å². The van der Waals surface area contributed by atoms with Gasteiger partial charge in [-0.2, -0.15) is 4.72 Å². The van der Waals surface area contributed by atoms with Crippen LogP contribution in [0.25, 0.3) is 0 Å². The number of para-hydroxylation sites is 2. The number of methoxy groups -OCH3 is 1. The van der Waals surface area contributed by atoms with Gasteiger partial charge in [-0.1, -0.05) is 18.2 Å². The molecule has 1 heterocycles. The number of thiophene rings is 1. The third-order valence-electron chi connectivity index (χ3n) is 2.46. The Morgan fingerprint density at radius 3 is 2.52 bits per heavy atom. The SMILES string of the molecule is COc1ccccc1OC(=O)CNS(=O)(=O)c1cccs1. The highest BCUT2D eigenvalue weighted by molar-refractivity contribution is 7.91. The average molecular weight is 327 g/mol. The molecule has 0 aliphatic rings. The summed E-state index contributed by atoms with van der Waals surface area (Å²) in [6.07, 6.45) is 0. The third kappa shape index (κ3) is 4.03. The van der Waals surface area contributed by atoms with Crippen molar-refractivity contribution < 1.29 is 22.7 Å². The zero-order valence-corrected chi connectivity index (χ0v) is 12.7. The van der Waals surface area contributed by atoms with E-state index in [1.54, 1.807) is 35.7 Å². The van der Waals surface area contributed by atoms with Crippen LogP contribution >= 0.6 is 11.3 Å². The van der Waals surface area contributed by atoms with Crippen LogP contribution in [0.3, 0.4) is 0 Å². The molecule has 0 aliphatic carbocycles. The highest BCUT2D eigenvalue weighted by atomic mass is 32.2. The number of rotatable bonds is 6. The second kappa shape index (κ2) is 6.70. The molecule has 0 unspecified atom stereocenters. The van der Waals surface area contributed by atoms with E-state index in [0.717, 1.165) is 11.3 Å². The van der Waals surface area contributed by atoms with Gasteiger partial charge in [0.2, 0.25) is 0 Å². The smallest absolute Gasteiger partial charge is 0.326 e. The number of sulfonamides is 1. The fraction of sp³-hybridized carbons (Fsp3) is 0.154. The Hall–Kier alpha value is -1.90. The van der Waals surface area contributed by atoms with Crippen molar-refractivity contribution in [1.29, 1.82) is 0 Å². The molecule has 0 bridgehead atoms. The number of hydrogen-bond acceptors (Lipinski definition) is 6. The van der Waals surface area contributed by atoms with Crippen molar-refractivity contribution in [3.05, 3.63) is 41.8 Å². The molecule has 0 atom stereocenters. The van der Waals surface area contributed by atoms with Crippen LogP contribution in [0, 0.1) is 0 Å². The second-order valence-corrected chi connectivity index (χ2v) is 6.82. The summed E-state index contributed by atoms with van der Waals surface area (Å²) in [4.78, 5) is 11.7. The molecule has 0 spiro atoms. The molecule has 0 amide bonds. The zero-order chi connectivity index (χ0) is 15.3. The Morgan fingerprint density at radius 2 is 1.90 bits per heavy atom. The molecular weight excluding hydrogens is 314 g/mol. The van der Waals surface area contributed by atoms with Crippen LogP contribution in [-0.4, -0.2) is 28.0 Å². The van der Waals surface area contributed by atoms with Crippen LogP contribution in [0.15, 0.2) is 46.0 Å². The van der Waals surface area contributed by atoms with Crippen molar-refractivity contribution in [3.63, 3.8) is 0 Å². The highest BCUT2D eigenvalue weighted by Crippen LogP contribution is 2.25. The Bertz CT molecular complexity index is 710. The first-order valence-corrected chi connectivity index (χ1v) is 8.26. The first-order chi connectivity index (χ1) is 10.0. The number of nitrogens with one attached hydrogen (secondary N) is 1. The molecule has 1 N–H and O–H groups in total. The highest BCUT2D eigenvalue weighted by Gasteiger charge is 2.17. The van der Waals surface area contributed by atoms with Crippen LogP contribution < -0.4 is 14.2 Å². The predicted octanol–water partition coefficient (Wildman–Crippen LogP) is 1.64. The normalized spacial score (nSPS) is 11.1. The maximum absolute atomic E-state index is 11.8. The van der Waals surface area contributed by atoms with Gasteiger partial charge in [0, 0.05) is 0 Å². The molecule has 0 radical (unpaired) electrons. The largest absolute Gasteiger partial charge is 0.493 e. The molecule has 0 fully saturated rings. The number of carbonyl (C=O) groups is 1. The lowest BCUT2D eigenvalue weighted by Gasteiger charge is -2.09. The van der Waals surface area contributed by atoms with Gasteiger partial charge < -0.3 is 9.47 Å². The maximum atomic E-state index is 11.8. The molecule has 6 nitrogen and oxygen atoms in total. The number of benzene rings is 1. The zero-order valence-electron chi connectivity index (χ0n) is 11.1. The first-order valence-electron chi connectivity index (χ1n) is 5.90. The van der Waals surface area contributed by atoms with Gasteiger partial charge in [0.05, 0.1) is 7.11 Å². The molecule has 21 heavy (non-hydrogen) atoms. The molecule has 0 saturated carbocycles. The Balaban J connectivity index is 1.97. The summed E-state index contributed by atoms with van der Waals surface area (Å²) in [5.74, 6) is -0.0908. The van der Waals surface area contributed by atoms with Gasteiger partial charge in [0.15, 0.2) is 11.5 Å². The Kier molecular flexibility index (Phi) is 4.94. The van der Waals surface area contributed by atoms with Crippen LogP contribution in [0.1, 0.15) is 0 Å². The summed E-state index contributed by atoms with van der Waals surface area (Å²) in [5.41, 5.74) is 0. The summed E-state index contributed by atoms with van der Waals surface area (Å²) in [5, 5.41) is 1.64. The van der Waals surface area contributed by atoms with E-state index in [0.29, 0.717) is 5.75 Å². The quantitative estimate of drug-likeness (QED) is 0.644. The topological polar surface area (TPSA) is 81.7 Å². The lowest BCUT2D eigenvalue weighted by molar-refractivity contribution is -0.133. The van der Waals surface area contributed by atoms with Gasteiger partial charge in [-0.05, 0) is 23.6 Å². The first kappa shape index (κ1) is 15.5. The minimum atomic E-state index is -3.68. The lowest BCUT2D eigenvalue weighted by atomic mass is 10.3. The average Bonchev–Trinajstić information content (AvgIpc) is 3.01. The van der Waals surface area contributed by atoms with E-state index in [9.17, 15) is 13.2 Å². The van der Waals surface area contributed by atoms with E-state index in [2.05, 4.69) is 4.72 Å². The van der Waals surface area contributed by atoms with Crippen LogP contribution in [0.2, 0.25) is 0 Å². The van der Waals surface area contributed by atoms with Crippen LogP contribution in [-0.2, 0) is 14.8 Å². The summed E-state index contributed by atoms with van der Waals surface area (Å²) < 4.78 is 36.1. The molecule has 2 rings (SSSR count). The molecular formula is C13H13NO5S2. The number of carbonyl (C=O) groups excluding carboxylic acids is 1. The predicted molar refractivity (Wildman–Crippen MR) is 78.1 cm³/mol. The molecule has 8 heteroatoms. The molecule has 0 aliphatic heterocycles. The molecule has 1 aromatic carbocycles. The standard InChI is InChI=1S/C13H13NO5S2/c1-18-10-5-2-3-6-11(10)19-12(15)9-14-21(16,17)13-7-4-8-20-13/h2-8,14H,9H2,1H3. The Labute approximate surface area is 126 Å². The fourth-order valence-electron chi connectivity index (χ4n) is 1.50.